The Bertz CT molecular complexity index is 675. The van der Waals surface area contributed by atoms with Gasteiger partial charge in [0.05, 0.1) is 5.56 Å². The number of halogens is 2. The fraction of sp³-hybridized carbons (Fsp3) is 0.250. The van der Waals surface area contributed by atoms with Crippen LogP contribution in [0.3, 0.4) is 0 Å². The highest BCUT2D eigenvalue weighted by Gasteiger charge is 2.18. The monoisotopic (exact) mass is 382 g/mol. The van der Waals surface area contributed by atoms with Gasteiger partial charge < -0.3 is 9.64 Å². The van der Waals surface area contributed by atoms with Gasteiger partial charge in [-0.2, -0.15) is 0 Å². The van der Waals surface area contributed by atoms with Crippen molar-refractivity contribution < 1.29 is 9.53 Å². The molecule has 0 spiro atoms. The molecule has 0 aliphatic heterocycles. The van der Waals surface area contributed by atoms with Crippen molar-refractivity contribution in [3.8, 4) is 11.5 Å². The van der Waals surface area contributed by atoms with E-state index in [1.165, 1.54) is 0 Å². The standard InChI is InChI=1S/C16H16BrClN2O2/c1-3-20(4-2)16(21)13-9-11(17)5-6-14(13)22-12-7-8-19-15(18)10-12/h5-10H,3-4H2,1-2H3. The van der Waals surface area contributed by atoms with Crippen LogP contribution in [0.2, 0.25) is 5.15 Å². The van der Waals surface area contributed by atoms with E-state index >= 15 is 0 Å². The Morgan fingerprint density at radius 1 is 1.27 bits per heavy atom. The third kappa shape index (κ3) is 3.99. The Morgan fingerprint density at radius 3 is 2.64 bits per heavy atom. The van der Waals surface area contributed by atoms with Crippen LogP contribution >= 0.6 is 27.5 Å². The summed E-state index contributed by atoms with van der Waals surface area (Å²) in [5.74, 6) is 0.958. The number of nitrogens with zero attached hydrogens (tertiary/aromatic N) is 2. The van der Waals surface area contributed by atoms with Gasteiger partial charge in [0, 0.05) is 29.8 Å². The molecule has 1 aromatic carbocycles. The number of ether oxygens (including phenoxy) is 1. The van der Waals surface area contributed by atoms with E-state index < -0.39 is 0 Å². The first-order valence-electron chi connectivity index (χ1n) is 6.93. The zero-order valence-corrected chi connectivity index (χ0v) is 14.7. The molecule has 0 atom stereocenters. The van der Waals surface area contributed by atoms with E-state index in [0.29, 0.717) is 35.3 Å². The van der Waals surface area contributed by atoms with Gasteiger partial charge in [-0.15, -0.1) is 0 Å². The Kier molecular flexibility index (Phi) is 5.80. The topological polar surface area (TPSA) is 42.4 Å². The van der Waals surface area contributed by atoms with Crippen LogP contribution in [0.25, 0.3) is 0 Å². The average Bonchev–Trinajstić information content (AvgIpc) is 2.50. The summed E-state index contributed by atoms with van der Waals surface area (Å²) in [7, 11) is 0. The Balaban J connectivity index is 2.37. The van der Waals surface area contributed by atoms with Crippen LogP contribution < -0.4 is 4.74 Å². The van der Waals surface area contributed by atoms with Crippen molar-refractivity contribution in [1.29, 1.82) is 0 Å². The smallest absolute Gasteiger partial charge is 0.257 e. The predicted molar refractivity (Wildman–Crippen MR) is 90.7 cm³/mol. The summed E-state index contributed by atoms with van der Waals surface area (Å²) in [4.78, 5) is 18.3. The number of carbonyl (C=O) groups is 1. The van der Waals surface area contributed by atoms with Crippen LogP contribution in [0.5, 0.6) is 11.5 Å². The zero-order chi connectivity index (χ0) is 16.1. The summed E-state index contributed by atoms with van der Waals surface area (Å²) in [6, 6.07) is 8.65. The first-order valence-corrected chi connectivity index (χ1v) is 8.10. The van der Waals surface area contributed by atoms with Gasteiger partial charge in [0.2, 0.25) is 0 Å². The molecule has 0 saturated heterocycles. The number of pyridine rings is 1. The van der Waals surface area contributed by atoms with E-state index in [1.807, 2.05) is 19.9 Å². The van der Waals surface area contributed by atoms with Gasteiger partial charge in [-0.25, -0.2) is 4.98 Å². The third-order valence-corrected chi connectivity index (χ3v) is 3.85. The summed E-state index contributed by atoms with van der Waals surface area (Å²) in [6.07, 6.45) is 1.56. The molecule has 0 aliphatic rings. The van der Waals surface area contributed by atoms with Gasteiger partial charge >= 0.3 is 0 Å². The van der Waals surface area contributed by atoms with Gasteiger partial charge in [0.25, 0.3) is 5.91 Å². The lowest BCUT2D eigenvalue weighted by Crippen LogP contribution is -2.30. The average molecular weight is 384 g/mol. The van der Waals surface area contributed by atoms with Crippen LogP contribution in [0.15, 0.2) is 41.0 Å². The molecule has 4 nitrogen and oxygen atoms in total. The second-order valence-corrected chi connectivity index (χ2v) is 5.84. The minimum atomic E-state index is -0.0681. The molecule has 1 heterocycles. The molecule has 2 rings (SSSR count). The molecule has 0 bridgehead atoms. The van der Waals surface area contributed by atoms with E-state index in [1.54, 1.807) is 35.4 Å². The predicted octanol–water partition coefficient (Wildman–Crippen LogP) is 4.77. The third-order valence-electron chi connectivity index (χ3n) is 3.15. The lowest BCUT2D eigenvalue weighted by atomic mass is 10.1. The maximum Gasteiger partial charge on any atom is 0.257 e. The molecule has 116 valence electrons. The van der Waals surface area contributed by atoms with Crippen molar-refractivity contribution in [2.45, 2.75) is 13.8 Å². The molecule has 0 radical (unpaired) electrons. The Morgan fingerprint density at radius 2 is 2.00 bits per heavy atom. The van der Waals surface area contributed by atoms with Gasteiger partial charge in [0.15, 0.2) is 0 Å². The molecule has 1 aromatic heterocycles. The Labute approximate surface area is 143 Å². The summed E-state index contributed by atoms with van der Waals surface area (Å²) in [5, 5.41) is 0.339. The first-order chi connectivity index (χ1) is 10.5. The highest BCUT2D eigenvalue weighted by Crippen LogP contribution is 2.29. The second-order valence-electron chi connectivity index (χ2n) is 4.53. The molecule has 0 saturated carbocycles. The van der Waals surface area contributed by atoms with Gasteiger partial charge in [-0.1, -0.05) is 27.5 Å². The van der Waals surface area contributed by atoms with Crippen molar-refractivity contribution >= 4 is 33.4 Å². The molecule has 0 fully saturated rings. The van der Waals surface area contributed by atoms with Crippen molar-refractivity contribution in [2.75, 3.05) is 13.1 Å². The van der Waals surface area contributed by atoms with Crippen LogP contribution in [-0.4, -0.2) is 28.9 Å². The Hall–Kier alpha value is -1.59. The number of amides is 1. The number of hydrogen-bond acceptors (Lipinski definition) is 3. The summed E-state index contributed by atoms with van der Waals surface area (Å²) in [6.45, 7) is 5.18. The molecule has 0 N–H and O–H groups in total. The summed E-state index contributed by atoms with van der Waals surface area (Å²) in [5.41, 5.74) is 0.506. The number of aromatic nitrogens is 1. The van der Waals surface area contributed by atoms with Crippen molar-refractivity contribution in [1.82, 2.24) is 9.88 Å². The van der Waals surface area contributed by atoms with Crippen molar-refractivity contribution in [3.05, 3.63) is 51.7 Å². The number of rotatable bonds is 5. The van der Waals surface area contributed by atoms with Crippen LogP contribution in [0, 0.1) is 0 Å². The normalized spacial score (nSPS) is 10.4. The maximum atomic E-state index is 12.6. The van der Waals surface area contributed by atoms with Crippen LogP contribution in [-0.2, 0) is 0 Å². The van der Waals surface area contributed by atoms with Crippen molar-refractivity contribution in [3.63, 3.8) is 0 Å². The van der Waals surface area contributed by atoms with Crippen LogP contribution in [0.4, 0.5) is 0 Å². The maximum absolute atomic E-state index is 12.6. The van der Waals surface area contributed by atoms with E-state index in [9.17, 15) is 4.79 Å². The molecule has 0 unspecified atom stereocenters. The fourth-order valence-electron chi connectivity index (χ4n) is 2.01. The minimum Gasteiger partial charge on any atom is -0.456 e. The van der Waals surface area contributed by atoms with Crippen LogP contribution in [0.1, 0.15) is 24.2 Å². The van der Waals surface area contributed by atoms with E-state index in [4.69, 9.17) is 16.3 Å². The number of carbonyl (C=O) groups excluding carboxylic acids is 1. The first kappa shape index (κ1) is 16.8. The molecular formula is C16H16BrClN2O2. The quantitative estimate of drug-likeness (QED) is 0.698. The molecule has 0 aliphatic carbocycles. The molecule has 6 heteroatoms. The minimum absolute atomic E-state index is 0.0681. The summed E-state index contributed by atoms with van der Waals surface area (Å²) < 4.78 is 6.64. The highest BCUT2D eigenvalue weighted by molar-refractivity contribution is 9.10. The van der Waals surface area contributed by atoms with E-state index in [2.05, 4.69) is 20.9 Å². The SMILES string of the molecule is CCN(CC)C(=O)c1cc(Br)ccc1Oc1ccnc(Cl)c1. The van der Waals surface area contributed by atoms with E-state index in [-0.39, 0.29) is 5.91 Å². The van der Waals surface area contributed by atoms with Gasteiger partial charge in [-0.05, 0) is 38.1 Å². The number of hydrogen-bond donors (Lipinski definition) is 0. The molecule has 2 aromatic rings. The second kappa shape index (κ2) is 7.61. The largest absolute Gasteiger partial charge is 0.456 e. The lowest BCUT2D eigenvalue weighted by molar-refractivity contribution is 0.0770. The lowest BCUT2D eigenvalue weighted by Gasteiger charge is -2.20. The molecular weight excluding hydrogens is 368 g/mol. The van der Waals surface area contributed by atoms with Gasteiger partial charge in [-0.3, -0.25) is 4.79 Å². The number of benzene rings is 1. The zero-order valence-electron chi connectivity index (χ0n) is 12.3. The molecule has 1 amide bonds. The van der Waals surface area contributed by atoms with Crippen molar-refractivity contribution in [2.24, 2.45) is 0 Å². The fourth-order valence-corrected chi connectivity index (χ4v) is 2.54. The highest BCUT2D eigenvalue weighted by atomic mass is 79.9. The molecule has 22 heavy (non-hydrogen) atoms. The van der Waals surface area contributed by atoms with E-state index in [0.717, 1.165) is 4.47 Å². The summed E-state index contributed by atoms with van der Waals surface area (Å²) >= 11 is 9.26. The van der Waals surface area contributed by atoms with Gasteiger partial charge in [0.1, 0.15) is 16.7 Å².